The number of aryl methyl sites for hydroxylation is 1. The molecule has 0 aliphatic rings. The van der Waals surface area contributed by atoms with Crippen LogP contribution in [0.25, 0.3) is 0 Å². The van der Waals surface area contributed by atoms with Gasteiger partial charge in [0.05, 0.1) is 12.7 Å². The first kappa shape index (κ1) is 10.4. The maximum atomic E-state index is 4.23. The molecule has 2 rings (SSSR count). The van der Waals surface area contributed by atoms with Gasteiger partial charge >= 0.3 is 0 Å². The van der Waals surface area contributed by atoms with Crippen LogP contribution in [0.4, 0.5) is 0 Å². The minimum absolute atomic E-state index is 0.930. The molecular weight excluding hydrogens is 206 g/mol. The first-order chi connectivity index (χ1) is 7.34. The maximum Gasteiger partial charge on any atom is 0.0534 e. The second kappa shape index (κ2) is 5.09. The van der Waals surface area contributed by atoms with Crippen LogP contribution >= 0.6 is 11.3 Å². The van der Waals surface area contributed by atoms with Crippen LogP contribution in [-0.4, -0.2) is 16.3 Å². The third-order valence-electron chi connectivity index (χ3n) is 2.16. The number of hydrogen-bond acceptors (Lipinski definition) is 3. The number of hydrogen-bond donors (Lipinski definition) is 1. The Morgan fingerprint density at radius 2 is 2.47 bits per heavy atom. The molecule has 0 aromatic carbocycles. The summed E-state index contributed by atoms with van der Waals surface area (Å²) >= 11 is 1.79. The van der Waals surface area contributed by atoms with Crippen LogP contribution in [0.5, 0.6) is 0 Å². The second-order valence-electron chi connectivity index (χ2n) is 3.54. The summed E-state index contributed by atoms with van der Waals surface area (Å²) < 4.78 is 1.97. The topological polar surface area (TPSA) is 29.9 Å². The standard InChI is InChI=1S/C11H15N3S/c1-10-7-13-14(9-10)5-4-12-8-11-3-2-6-15-11/h2-3,6-7,9,12H,4-5,8H2,1H3. The van der Waals surface area contributed by atoms with Crippen molar-refractivity contribution in [2.24, 2.45) is 0 Å². The largest absolute Gasteiger partial charge is 0.310 e. The van der Waals surface area contributed by atoms with Crippen molar-refractivity contribution in [3.8, 4) is 0 Å². The van der Waals surface area contributed by atoms with Crippen LogP contribution < -0.4 is 5.32 Å². The summed E-state index contributed by atoms with van der Waals surface area (Å²) in [7, 11) is 0. The predicted molar refractivity (Wildman–Crippen MR) is 63.0 cm³/mol. The van der Waals surface area contributed by atoms with E-state index in [1.165, 1.54) is 10.4 Å². The Kier molecular flexibility index (Phi) is 3.53. The van der Waals surface area contributed by atoms with Gasteiger partial charge in [-0.2, -0.15) is 5.10 Å². The predicted octanol–water partition coefficient (Wildman–Crippen LogP) is 2.04. The van der Waals surface area contributed by atoms with E-state index in [9.17, 15) is 0 Å². The quantitative estimate of drug-likeness (QED) is 0.783. The van der Waals surface area contributed by atoms with Gasteiger partial charge in [0.15, 0.2) is 0 Å². The molecule has 2 aromatic heterocycles. The average molecular weight is 221 g/mol. The summed E-state index contributed by atoms with van der Waals surface area (Å²) in [5.74, 6) is 0. The van der Waals surface area contributed by atoms with E-state index < -0.39 is 0 Å². The number of thiophene rings is 1. The minimum Gasteiger partial charge on any atom is -0.310 e. The lowest BCUT2D eigenvalue weighted by atomic mass is 10.4. The van der Waals surface area contributed by atoms with Crippen LogP contribution in [-0.2, 0) is 13.1 Å². The van der Waals surface area contributed by atoms with Crippen molar-refractivity contribution in [1.82, 2.24) is 15.1 Å². The summed E-state index contributed by atoms with van der Waals surface area (Å²) in [4.78, 5) is 1.38. The number of aromatic nitrogens is 2. The van der Waals surface area contributed by atoms with Crippen LogP contribution in [0.2, 0.25) is 0 Å². The van der Waals surface area contributed by atoms with Crippen molar-refractivity contribution >= 4 is 11.3 Å². The summed E-state index contributed by atoms with van der Waals surface area (Å²) in [5.41, 5.74) is 1.22. The smallest absolute Gasteiger partial charge is 0.0534 e. The van der Waals surface area contributed by atoms with Gasteiger partial charge in [-0.15, -0.1) is 11.3 Å². The van der Waals surface area contributed by atoms with E-state index in [1.807, 2.05) is 10.9 Å². The molecule has 0 radical (unpaired) electrons. The lowest BCUT2D eigenvalue weighted by Crippen LogP contribution is -2.19. The summed E-state index contributed by atoms with van der Waals surface area (Å²) in [6.07, 6.45) is 3.95. The van der Waals surface area contributed by atoms with Gasteiger partial charge < -0.3 is 5.32 Å². The zero-order chi connectivity index (χ0) is 10.5. The van der Waals surface area contributed by atoms with Crippen LogP contribution in [0.1, 0.15) is 10.4 Å². The number of nitrogens with zero attached hydrogens (tertiary/aromatic N) is 2. The molecule has 0 fully saturated rings. The van der Waals surface area contributed by atoms with E-state index in [-0.39, 0.29) is 0 Å². The van der Waals surface area contributed by atoms with Gasteiger partial charge in [0, 0.05) is 24.2 Å². The fraction of sp³-hybridized carbons (Fsp3) is 0.364. The van der Waals surface area contributed by atoms with E-state index in [2.05, 4.69) is 41.0 Å². The average Bonchev–Trinajstić information content (AvgIpc) is 2.84. The van der Waals surface area contributed by atoms with Crippen LogP contribution in [0, 0.1) is 6.92 Å². The first-order valence-electron chi connectivity index (χ1n) is 5.07. The van der Waals surface area contributed by atoms with Crippen molar-refractivity contribution in [2.45, 2.75) is 20.0 Å². The van der Waals surface area contributed by atoms with Gasteiger partial charge in [-0.3, -0.25) is 4.68 Å². The van der Waals surface area contributed by atoms with Gasteiger partial charge in [-0.05, 0) is 23.9 Å². The van der Waals surface area contributed by atoms with E-state index in [0.717, 1.165) is 19.6 Å². The van der Waals surface area contributed by atoms with Gasteiger partial charge in [0.1, 0.15) is 0 Å². The summed E-state index contributed by atoms with van der Waals surface area (Å²) in [6.45, 7) is 4.90. The van der Waals surface area contributed by atoms with Crippen molar-refractivity contribution in [3.05, 3.63) is 40.3 Å². The highest BCUT2D eigenvalue weighted by molar-refractivity contribution is 7.09. The third-order valence-corrected chi connectivity index (χ3v) is 3.04. The van der Waals surface area contributed by atoms with Crippen molar-refractivity contribution < 1.29 is 0 Å². The lowest BCUT2D eigenvalue weighted by Gasteiger charge is -2.03. The van der Waals surface area contributed by atoms with E-state index >= 15 is 0 Å². The van der Waals surface area contributed by atoms with Crippen LogP contribution in [0.15, 0.2) is 29.9 Å². The Morgan fingerprint density at radius 3 is 3.13 bits per heavy atom. The molecule has 80 valence electrons. The molecule has 0 saturated carbocycles. The van der Waals surface area contributed by atoms with E-state index in [1.54, 1.807) is 11.3 Å². The Labute approximate surface area is 93.7 Å². The molecule has 0 aliphatic carbocycles. The molecule has 0 bridgehead atoms. The molecule has 0 spiro atoms. The van der Waals surface area contributed by atoms with Gasteiger partial charge in [-0.25, -0.2) is 0 Å². The summed E-state index contributed by atoms with van der Waals surface area (Å²) in [6, 6.07) is 4.23. The number of nitrogens with one attached hydrogen (secondary N) is 1. The Morgan fingerprint density at radius 1 is 1.53 bits per heavy atom. The highest BCUT2D eigenvalue weighted by Gasteiger charge is 1.95. The van der Waals surface area contributed by atoms with Crippen molar-refractivity contribution in [2.75, 3.05) is 6.54 Å². The third kappa shape index (κ3) is 3.18. The minimum atomic E-state index is 0.930. The normalized spacial score (nSPS) is 10.7. The zero-order valence-corrected chi connectivity index (χ0v) is 9.63. The molecule has 1 N–H and O–H groups in total. The Balaban J connectivity index is 1.67. The Bertz CT molecular complexity index is 392. The molecule has 0 saturated heterocycles. The lowest BCUT2D eigenvalue weighted by molar-refractivity contribution is 0.556. The van der Waals surface area contributed by atoms with Crippen molar-refractivity contribution in [3.63, 3.8) is 0 Å². The molecule has 0 unspecified atom stereocenters. The number of rotatable bonds is 5. The monoisotopic (exact) mass is 221 g/mol. The molecule has 0 atom stereocenters. The molecule has 15 heavy (non-hydrogen) atoms. The van der Waals surface area contributed by atoms with Gasteiger partial charge in [-0.1, -0.05) is 6.07 Å². The summed E-state index contributed by atoms with van der Waals surface area (Å²) in [5, 5.41) is 9.73. The molecule has 2 heterocycles. The Hall–Kier alpha value is -1.13. The van der Waals surface area contributed by atoms with Gasteiger partial charge in [0.2, 0.25) is 0 Å². The fourth-order valence-corrected chi connectivity index (χ4v) is 2.08. The fourth-order valence-electron chi connectivity index (χ4n) is 1.41. The molecule has 3 nitrogen and oxygen atoms in total. The van der Waals surface area contributed by atoms with E-state index in [0.29, 0.717) is 0 Å². The molecular formula is C11H15N3S. The maximum absolute atomic E-state index is 4.23. The van der Waals surface area contributed by atoms with Crippen LogP contribution in [0.3, 0.4) is 0 Å². The zero-order valence-electron chi connectivity index (χ0n) is 8.81. The highest BCUT2D eigenvalue weighted by Crippen LogP contribution is 2.06. The molecule has 0 aliphatic heterocycles. The highest BCUT2D eigenvalue weighted by atomic mass is 32.1. The molecule has 4 heteroatoms. The SMILES string of the molecule is Cc1cnn(CCNCc2cccs2)c1. The molecule has 2 aromatic rings. The van der Waals surface area contributed by atoms with Gasteiger partial charge in [0.25, 0.3) is 0 Å². The van der Waals surface area contributed by atoms with Crippen molar-refractivity contribution in [1.29, 1.82) is 0 Å². The van der Waals surface area contributed by atoms with E-state index in [4.69, 9.17) is 0 Å². The second-order valence-corrected chi connectivity index (χ2v) is 4.57. The first-order valence-corrected chi connectivity index (χ1v) is 5.95. The molecule has 0 amide bonds.